The molecule has 0 saturated carbocycles. The van der Waals surface area contributed by atoms with E-state index in [1.807, 2.05) is 0 Å². The molecule has 2 heterocycles. The van der Waals surface area contributed by atoms with Crippen LogP contribution >= 0.6 is 0 Å². The second kappa shape index (κ2) is 8.64. The van der Waals surface area contributed by atoms with E-state index in [-0.39, 0.29) is 0 Å². The van der Waals surface area contributed by atoms with E-state index in [1.54, 1.807) is 0 Å². The summed E-state index contributed by atoms with van der Waals surface area (Å²) in [5, 5.41) is 0. The average Bonchev–Trinajstić information content (AvgIpc) is 2.91. The number of nitrogens with zero attached hydrogens (tertiary/aromatic N) is 1. The van der Waals surface area contributed by atoms with Gasteiger partial charge in [-0.25, -0.2) is 0 Å². The van der Waals surface area contributed by atoms with Crippen molar-refractivity contribution < 1.29 is 0 Å². The molecule has 2 aliphatic rings. The molecule has 0 aromatic heterocycles. The van der Waals surface area contributed by atoms with Crippen LogP contribution in [0.15, 0.2) is 0 Å². The quantitative estimate of drug-likeness (QED) is 0.492. The minimum atomic E-state index is 0.786. The first-order valence-corrected chi connectivity index (χ1v) is 8.63. The first-order valence-electron chi connectivity index (χ1n) is 8.63. The molecule has 2 aliphatic heterocycles. The van der Waals surface area contributed by atoms with Gasteiger partial charge in [-0.05, 0) is 38.6 Å². The Morgan fingerprint density at radius 2 is 1.79 bits per heavy atom. The third-order valence-electron chi connectivity index (χ3n) is 4.83. The highest BCUT2D eigenvalue weighted by Crippen LogP contribution is 2.31. The molecule has 0 bridgehead atoms. The van der Waals surface area contributed by atoms with E-state index in [9.17, 15) is 0 Å². The van der Waals surface area contributed by atoms with Gasteiger partial charge in [-0.2, -0.15) is 0 Å². The fraction of sp³-hybridized carbons (Fsp3) is 0.889. The van der Waals surface area contributed by atoms with Crippen molar-refractivity contribution in [1.29, 1.82) is 0 Å². The van der Waals surface area contributed by atoms with Gasteiger partial charge in [0.05, 0.1) is 0 Å². The third kappa shape index (κ3) is 4.84. The van der Waals surface area contributed by atoms with Crippen LogP contribution in [0.2, 0.25) is 0 Å². The monoisotopic (exact) mass is 261 g/mol. The lowest BCUT2D eigenvalue weighted by Gasteiger charge is -2.36. The summed E-state index contributed by atoms with van der Waals surface area (Å²) in [6, 6.07) is 1.70. The van der Waals surface area contributed by atoms with Crippen molar-refractivity contribution in [2.75, 3.05) is 6.54 Å². The molecule has 2 rings (SSSR count). The smallest absolute Gasteiger partial charge is 0.0245 e. The van der Waals surface area contributed by atoms with Gasteiger partial charge in [-0.3, -0.25) is 4.90 Å². The standard InChI is InChI=1S/C18H31N/c1-2-3-4-5-6-7-8-9-12-17-13-10-14-18-15-11-16-19(17)18/h17-18H,2-7,10-16H2,1H3/t17-,18+/m0/s1. The van der Waals surface area contributed by atoms with E-state index in [0.29, 0.717) is 0 Å². The van der Waals surface area contributed by atoms with Crippen LogP contribution in [0.5, 0.6) is 0 Å². The Bertz CT molecular complexity index is 299. The first kappa shape index (κ1) is 14.9. The Morgan fingerprint density at radius 3 is 2.68 bits per heavy atom. The van der Waals surface area contributed by atoms with Crippen LogP contribution in [-0.2, 0) is 0 Å². The molecule has 0 spiro atoms. The van der Waals surface area contributed by atoms with Crippen LogP contribution in [0, 0.1) is 11.8 Å². The van der Waals surface area contributed by atoms with E-state index in [2.05, 4.69) is 23.7 Å². The van der Waals surface area contributed by atoms with E-state index in [0.717, 1.165) is 24.9 Å². The molecule has 1 nitrogen and oxygen atoms in total. The minimum Gasteiger partial charge on any atom is -0.296 e. The summed E-state index contributed by atoms with van der Waals surface area (Å²) in [6.07, 6.45) is 16.2. The van der Waals surface area contributed by atoms with Crippen molar-refractivity contribution in [1.82, 2.24) is 4.90 Å². The lowest BCUT2D eigenvalue weighted by atomic mass is 9.95. The molecule has 2 saturated heterocycles. The normalized spacial score (nSPS) is 26.8. The molecule has 1 heteroatoms. The summed E-state index contributed by atoms with van der Waals surface area (Å²) >= 11 is 0. The zero-order chi connectivity index (χ0) is 13.3. The number of piperidine rings is 1. The van der Waals surface area contributed by atoms with Crippen LogP contribution in [0.1, 0.15) is 84.0 Å². The molecule has 0 aromatic carbocycles. The number of rotatable bonds is 6. The van der Waals surface area contributed by atoms with Crippen LogP contribution in [0.25, 0.3) is 0 Å². The molecule has 0 aromatic rings. The van der Waals surface area contributed by atoms with Gasteiger partial charge in [-0.15, -0.1) is 11.8 Å². The van der Waals surface area contributed by atoms with Gasteiger partial charge < -0.3 is 0 Å². The molecule has 0 amide bonds. The molecule has 0 unspecified atom stereocenters. The van der Waals surface area contributed by atoms with E-state index >= 15 is 0 Å². The Hall–Kier alpha value is -0.480. The maximum absolute atomic E-state index is 3.47. The SMILES string of the molecule is CCCCCCCC#CC[C@H]1CCC[C@@H]2CCCN21. The highest BCUT2D eigenvalue weighted by molar-refractivity contribution is 5.03. The fourth-order valence-electron chi connectivity index (χ4n) is 3.72. The van der Waals surface area contributed by atoms with Crippen molar-refractivity contribution >= 4 is 0 Å². The number of unbranched alkanes of at least 4 members (excludes halogenated alkanes) is 5. The summed E-state index contributed by atoms with van der Waals surface area (Å²) < 4.78 is 0. The van der Waals surface area contributed by atoms with E-state index < -0.39 is 0 Å². The Balaban J connectivity index is 1.59. The van der Waals surface area contributed by atoms with Crippen molar-refractivity contribution in [3.8, 4) is 11.8 Å². The average molecular weight is 261 g/mol. The molecule has 0 N–H and O–H groups in total. The number of fused-ring (bicyclic) bond motifs is 1. The summed E-state index contributed by atoms with van der Waals surface area (Å²) in [7, 11) is 0. The van der Waals surface area contributed by atoms with Gasteiger partial charge in [0, 0.05) is 24.9 Å². The summed E-state index contributed by atoms with van der Waals surface area (Å²) in [6.45, 7) is 3.61. The zero-order valence-electron chi connectivity index (χ0n) is 12.8. The molecule has 0 radical (unpaired) electrons. The van der Waals surface area contributed by atoms with Crippen LogP contribution in [-0.4, -0.2) is 23.5 Å². The van der Waals surface area contributed by atoms with Gasteiger partial charge in [0.15, 0.2) is 0 Å². The predicted molar refractivity (Wildman–Crippen MR) is 83.1 cm³/mol. The summed E-state index contributed by atoms with van der Waals surface area (Å²) in [5.74, 6) is 6.88. The van der Waals surface area contributed by atoms with Crippen LogP contribution in [0.4, 0.5) is 0 Å². The molecule has 0 aliphatic carbocycles. The van der Waals surface area contributed by atoms with Crippen molar-refractivity contribution in [2.45, 2.75) is 96.1 Å². The van der Waals surface area contributed by atoms with E-state index in [4.69, 9.17) is 0 Å². The highest BCUT2D eigenvalue weighted by Gasteiger charge is 2.32. The van der Waals surface area contributed by atoms with Crippen LogP contribution < -0.4 is 0 Å². The maximum atomic E-state index is 3.47. The van der Waals surface area contributed by atoms with Crippen molar-refractivity contribution in [3.63, 3.8) is 0 Å². The molecule has 108 valence electrons. The van der Waals surface area contributed by atoms with Gasteiger partial charge in [-0.1, -0.05) is 39.0 Å². The van der Waals surface area contributed by atoms with E-state index in [1.165, 1.54) is 70.8 Å². The Labute approximate surface area is 120 Å². The first-order chi connectivity index (χ1) is 9.42. The number of hydrogen-bond acceptors (Lipinski definition) is 1. The largest absolute Gasteiger partial charge is 0.296 e. The Morgan fingerprint density at radius 1 is 0.947 bits per heavy atom. The fourth-order valence-corrected chi connectivity index (χ4v) is 3.72. The molecular formula is C18H31N. The van der Waals surface area contributed by atoms with Gasteiger partial charge >= 0.3 is 0 Å². The lowest BCUT2D eigenvalue weighted by Crippen LogP contribution is -2.42. The molecule has 2 fully saturated rings. The highest BCUT2D eigenvalue weighted by atomic mass is 15.2. The predicted octanol–water partition coefficient (Wildman–Crippen LogP) is 4.76. The molecule has 2 atom stereocenters. The minimum absolute atomic E-state index is 0.786. The van der Waals surface area contributed by atoms with Gasteiger partial charge in [0.2, 0.25) is 0 Å². The topological polar surface area (TPSA) is 3.24 Å². The summed E-state index contributed by atoms with van der Waals surface area (Å²) in [5.41, 5.74) is 0. The summed E-state index contributed by atoms with van der Waals surface area (Å²) in [4.78, 5) is 2.76. The third-order valence-corrected chi connectivity index (χ3v) is 4.83. The second-order valence-corrected chi connectivity index (χ2v) is 6.34. The van der Waals surface area contributed by atoms with Crippen LogP contribution in [0.3, 0.4) is 0 Å². The molecular weight excluding hydrogens is 230 g/mol. The second-order valence-electron chi connectivity index (χ2n) is 6.34. The van der Waals surface area contributed by atoms with Crippen molar-refractivity contribution in [3.05, 3.63) is 0 Å². The number of hydrogen-bond donors (Lipinski definition) is 0. The molecule has 19 heavy (non-hydrogen) atoms. The maximum Gasteiger partial charge on any atom is 0.0245 e. The van der Waals surface area contributed by atoms with Gasteiger partial charge in [0.25, 0.3) is 0 Å². The Kier molecular flexibility index (Phi) is 6.79. The zero-order valence-corrected chi connectivity index (χ0v) is 12.8. The van der Waals surface area contributed by atoms with Gasteiger partial charge in [0.1, 0.15) is 0 Å². The van der Waals surface area contributed by atoms with Crippen molar-refractivity contribution in [2.24, 2.45) is 0 Å². The lowest BCUT2D eigenvalue weighted by molar-refractivity contribution is 0.126.